The molecule has 0 radical (unpaired) electrons. The molecule has 1 aliphatic rings. The van der Waals surface area contributed by atoms with E-state index in [0.717, 1.165) is 13.0 Å². The van der Waals surface area contributed by atoms with Gasteiger partial charge in [-0.05, 0) is 12.3 Å². The van der Waals surface area contributed by atoms with E-state index in [0.29, 0.717) is 12.0 Å². The summed E-state index contributed by atoms with van der Waals surface area (Å²) in [5.74, 6) is 0.658. The molecule has 1 heterocycles. The molecule has 1 rings (SSSR count). The van der Waals surface area contributed by atoms with Crippen molar-refractivity contribution in [3.05, 3.63) is 0 Å². The Labute approximate surface area is 61.2 Å². The zero-order valence-corrected chi connectivity index (χ0v) is 6.48. The molecular weight excluding hydrogens is 128 g/mol. The van der Waals surface area contributed by atoms with Crippen molar-refractivity contribution < 1.29 is 4.79 Å². The normalized spacial score (nSPS) is 24.7. The molecule has 1 aliphatic heterocycles. The molecule has 58 valence electrons. The largest absolute Gasteiger partial charge is 0.336 e. The van der Waals surface area contributed by atoms with E-state index >= 15 is 0 Å². The average Bonchev–Trinajstić information content (AvgIpc) is 2.13. The molecule has 0 aromatic heterocycles. The van der Waals surface area contributed by atoms with Crippen LogP contribution in [0.15, 0.2) is 0 Å². The van der Waals surface area contributed by atoms with Gasteiger partial charge in [-0.25, -0.2) is 4.79 Å². The van der Waals surface area contributed by atoms with Crippen LogP contribution in [0.25, 0.3) is 0 Å². The number of hydrogen-bond acceptors (Lipinski definition) is 1. The van der Waals surface area contributed by atoms with Gasteiger partial charge in [0.25, 0.3) is 0 Å². The van der Waals surface area contributed by atoms with Gasteiger partial charge >= 0.3 is 6.03 Å². The van der Waals surface area contributed by atoms with Gasteiger partial charge in [0.1, 0.15) is 0 Å². The quantitative estimate of drug-likeness (QED) is 0.586. The number of hydrogen-bond donors (Lipinski definition) is 2. The predicted molar refractivity (Wildman–Crippen MR) is 39.8 cm³/mol. The lowest BCUT2D eigenvalue weighted by Crippen LogP contribution is -2.27. The number of carbonyl (C=O) groups excluding carboxylic acids is 1. The highest BCUT2D eigenvalue weighted by atomic mass is 16.2. The molecule has 0 aliphatic carbocycles. The van der Waals surface area contributed by atoms with Crippen LogP contribution in [0.3, 0.4) is 0 Å². The Hall–Kier alpha value is -0.730. The molecule has 0 spiro atoms. The fraction of sp³-hybridized carbons (Fsp3) is 0.857. The van der Waals surface area contributed by atoms with Crippen LogP contribution < -0.4 is 10.6 Å². The number of carbonyl (C=O) groups is 1. The number of rotatable bonds is 2. The van der Waals surface area contributed by atoms with E-state index in [-0.39, 0.29) is 6.03 Å². The third-order valence-corrected chi connectivity index (χ3v) is 1.60. The maximum Gasteiger partial charge on any atom is 0.315 e. The molecular formula is C7H14N2O. The Morgan fingerprint density at radius 2 is 2.40 bits per heavy atom. The van der Waals surface area contributed by atoms with Gasteiger partial charge in [-0.1, -0.05) is 13.8 Å². The fourth-order valence-corrected chi connectivity index (χ4v) is 1.21. The van der Waals surface area contributed by atoms with Crippen LogP contribution in [0.4, 0.5) is 4.79 Å². The van der Waals surface area contributed by atoms with Crippen molar-refractivity contribution in [2.24, 2.45) is 5.92 Å². The lowest BCUT2D eigenvalue weighted by molar-refractivity contribution is 0.247. The lowest BCUT2D eigenvalue weighted by Gasteiger charge is -2.09. The fourth-order valence-electron chi connectivity index (χ4n) is 1.21. The van der Waals surface area contributed by atoms with Crippen molar-refractivity contribution in [1.82, 2.24) is 10.6 Å². The number of nitrogens with one attached hydrogen (secondary N) is 2. The standard InChI is InChI=1S/C7H14N2O/c1-5(2)3-6-4-8-7(10)9-6/h5-6H,3-4H2,1-2H3,(H2,8,9,10). The van der Waals surface area contributed by atoms with Crippen molar-refractivity contribution in [2.75, 3.05) is 6.54 Å². The molecule has 0 saturated carbocycles. The zero-order chi connectivity index (χ0) is 7.56. The molecule has 1 atom stereocenters. The summed E-state index contributed by atoms with van der Waals surface area (Å²) in [5.41, 5.74) is 0. The summed E-state index contributed by atoms with van der Waals surface area (Å²) in [4.78, 5) is 10.6. The van der Waals surface area contributed by atoms with Crippen molar-refractivity contribution in [2.45, 2.75) is 26.3 Å². The minimum Gasteiger partial charge on any atom is -0.336 e. The Balaban J connectivity index is 2.24. The first-order valence-corrected chi connectivity index (χ1v) is 3.73. The maximum atomic E-state index is 10.6. The highest BCUT2D eigenvalue weighted by Crippen LogP contribution is 2.05. The first-order valence-electron chi connectivity index (χ1n) is 3.73. The van der Waals surface area contributed by atoms with E-state index in [1.165, 1.54) is 0 Å². The summed E-state index contributed by atoms with van der Waals surface area (Å²) >= 11 is 0. The van der Waals surface area contributed by atoms with Gasteiger partial charge in [-0.2, -0.15) is 0 Å². The van der Waals surface area contributed by atoms with Crippen LogP contribution in [0.1, 0.15) is 20.3 Å². The van der Waals surface area contributed by atoms with Crippen molar-refractivity contribution >= 4 is 6.03 Å². The zero-order valence-electron chi connectivity index (χ0n) is 6.48. The van der Waals surface area contributed by atoms with E-state index in [9.17, 15) is 4.79 Å². The lowest BCUT2D eigenvalue weighted by atomic mass is 10.1. The molecule has 3 nitrogen and oxygen atoms in total. The Kier molecular flexibility index (Phi) is 2.14. The van der Waals surface area contributed by atoms with Gasteiger partial charge < -0.3 is 10.6 Å². The molecule has 0 aromatic rings. The Morgan fingerprint density at radius 1 is 1.70 bits per heavy atom. The second-order valence-corrected chi connectivity index (χ2v) is 3.18. The van der Waals surface area contributed by atoms with Gasteiger partial charge in [0.2, 0.25) is 0 Å². The van der Waals surface area contributed by atoms with Crippen LogP contribution in [-0.4, -0.2) is 18.6 Å². The van der Waals surface area contributed by atoms with E-state index in [4.69, 9.17) is 0 Å². The predicted octanol–water partition coefficient (Wildman–Crippen LogP) is 0.714. The molecule has 1 fully saturated rings. The van der Waals surface area contributed by atoms with Crippen LogP contribution in [0.5, 0.6) is 0 Å². The minimum absolute atomic E-state index is 0.0225. The van der Waals surface area contributed by atoms with E-state index in [1.54, 1.807) is 0 Å². The van der Waals surface area contributed by atoms with Gasteiger partial charge in [0.15, 0.2) is 0 Å². The maximum absolute atomic E-state index is 10.6. The van der Waals surface area contributed by atoms with Crippen LogP contribution in [0.2, 0.25) is 0 Å². The van der Waals surface area contributed by atoms with E-state index in [1.807, 2.05) is 0 Å². The monoisotopic (exact) mass is 142 g/mol. The first-order chi connectivity index (χ1) is 4.68. The number of amides is 2. The van der Waals surface area contributed by atoms with Crippen molar-refractivity contribution in [1.29, 1.82) is 0 Å². The topological polar surface area (TPSA) is 41.1 Å². The summed E-state index contributed by atoms with van der Waals surface area (Å²) in [6.07, 6.45) is 1.07. The summed E-state index contributed by atoms with van der Waals surface area (Å²) in [6, 6.07) is 0.332. The molecule has 2 amide bonds. The molecule has 1 unspecified atom stereocenters. The second kappa shape index (κ2) is 2.90. The average molecular weight is 142 g/mol. The van der Waals surface area contributed by atoms with E-state index in [2.05, 4.69) is 24.5 Å². The van der Waals surface area contributed by atoms with Gasteiger partial charge in [0.05, 0.1) is 0 Å². The second-order valence-electron chi connectivity index (χ2n) is 3.18. The molecule has 0 bridgehead atoms. The molecule has 2 N–H and O–H groups in total. The Bertz CT molecular complexity index is 134. The smallest absolute Gasteiger partial charge is 0.315 e. The third kappa shape index (κ3) is 1.90. The number of urea groups is 1. The summed E-state index contributed by atoms with van der Waals surface area (Å²) < 4.78 is 0. The van der Waals surface area contributed by atoms with Gasteiger partial charge in [-0.3, -0.25) is 0 Å². The molecule has 10 heavy (non-hydrogen) atoms. The molecule has 0 aromatic carbocycles. The van der Waals surface area contributed by atoms with Gasteiger partial charge in [0, 0.05) is 12.6 Å². The molecule has 1 saturated heterocycles. The van der Waals surface area contributed by atoms with Crippen LogP contribution in [-0.2, 0) is 0 Å². The SMILES string of the molecule is CC(C)CC1CNC(=O)N1. The third-order valence-electron chi connectivity index (χ3n) is 1.60. The van der Waals surface area contributed by atoms with Gasteiger partial charge in [-0.15, -0.1) is 0 Å². The minimum atomic E-state index is -0.0225. The van der Waals surface area contributed by atoms with Crippen LogP contribution >= 0.6 is 0 Å². The van der Waals surface area contributed by atoms with Crippen molar-refractivity contribution in [3.8, 4) is 0 Å². The van der Waals surface area contributed by atoms with Crippen molar-refractivity contribution in [3.63, 3.8) is 0 Å². The highest BCUT2D eigenvalue weighted by Gasteiger charge is 2.19. The van der Waals surface area contributed by atoms with E-state index < -0.39 is 0 Å². The Morgan fingerprint density at radius 3 is 2.80 bits per heavy atom. The summed E-state index contributed by atoms with van der Waals surface area (Å²) in [6.45, 7) is 5.10. The molecule has 3 heteroatoms. The summed E-state index contributed by atoms with van der Waals surface area (Å²) in [5, 5.41) is 5.56. The highest BCUT2D eigenvalue weighted by molar-refractivity contribution is 5.76. The van der Waals surface area contributed by atoms with Crippen LogP contribution in [0, 0.1) is 5.92 Å². The first kappa shape index (κ1) is 7.38. The summed E-state index contributed by atoms with van der Waals surface area (Å²) in [7, 11) is 0.